The lowest BCUT2D eigenvalue weighted by Crippen LogP contribution is -2.30. The van der Waals surface area contributed by atoms with Gasteiger partial charge in [-0.1, -0.05) is 54.1 Å². The first-order valence-electron chi connectivity index (χ1n) is 8.74. The Kier molecular flexibility index (Phi) is 5.57. The van der Waals surface area contributed by atoms with Crippen LogP contribution in [0.4, 0.5) is 5.69 Å². The van der Waals surface area contributed by atoms with Crippen LogP contribution >= 0.6 is 34.3 Å². The van der Waals surface area contributed by atoms with Gasteiger partial charge in [0.05, 0.1) is 16.4 Å². The van der Waals surface area contributed by atoms with Crippen LogP contribution in [-0.2, 0) is 6.54 Å². The normalized spacial score (nSPS) is 10.8. The maximum atomic E-state index is 13.6. The van der Waals surface area contributed by atoms with Gasteiger partial charge in [0, 0.05) is 15.6 Å². The largest absolute Gasteiger partial charge is 0.302 e. The fourth-order valence-electron chi connectivity index (χ4n) is 2.97. The second-order valence-electron chi connectivity index (χ2n) is 6.23. The number of hydrogen-bond donors (Lipinski definition) is 0. The minimum Gasteiger partial charge on any atom is -0.302 e. The van der Waals surface area contributed by atoms with E-state index in [9.17, 15) is 4.79 Å². The Morgan fingerprint density at radius 3 is 2.61 bits per heavy atom. The van der Waals surface area contributed by atoms with Crippen molar-refractivity contribution < 1.29 is 4.79 Å². The van der Waals surface area contributed by atoms with Crippen LogP contribution in [-0.4, -0.2) is 10.9 Å². The molecule has 28 heavy (non-hydrogen) atoms. The zero-order valence-corrected chi connectivity index (χ0v) is 17.5. The Labute approximate surface area is 176 Å². The molecule has 0 aliphatic heterocycles. The Hall–Kier alpha value is -2.47. The molecule has 0 saturated carbocycles. The summed E-state index contributed by atoms with van der Waals surface area (Å²) in [6, 6.07) is 21.3. The molecule has 0 spiro atoms. The fourth-order valence-corrected chi connectivity index (χ4v) is 4.76. The van der Waals surface area contributed by atoms with Crippen molar-refractivity contribution in [1.82, 2.24) is 4.98 Å². The zero-order valence-electron chi connectivity index (χ0n) is 15.1. The summed E-state index contributed by atoms with van der Waals surface area (Å²) in [6.07, 6.45) is 0. The summed E-state index contributed by atoms with van der Waals surface area (Å²) >= 11 is 9.37. The predicted molar refractivity (Wildman–Crippen MR) is 119 cm³/mol. The number of thiazole rings is 1. The average Bonchev–Trinajstić information content (AvgIpc) is 3.36. The molecule has 2 aromatic carbocycles. The van der Waals surface area contributed by atoms with Crippen molar-refractivity contribution in [2.24, 2.45) is 0 Å². The van der Waals surface area contributed by atoms with Gasteiger partial charge in [0.25, 0.3) is 5.91 Å². The summed E-state index contributed by atoms with van der Waals surface area (Å²) in [4.78, 5) is 21.9. The average molecular weight is 425 g/mol. The molecule has 0 unspecified atom stereocenters. The molecular weight excluding hydrogens is 408 g/mol. The lowest BCUT2D eigenvalue weighted by atomic mass is 10.1. The van der Waals surface area contributed by atoms with Crippen LogP contribution in [0.2, 0.25) is 5.02 Å². The summed E-state index contributed by atoms with van der Waals surface area (Å²) in [6.45, 7) is 2.40. The molecule has 1 amide bonds. The molecule has 0 saturated heterocycles. The molecule has 2 heterocycles. The van der Waals surface area contributed by atoms with Gasteiger partial charge in [-0.25, -0.2) is 4.98 Å². The Bertz CT molecular complexity index is 1090. The molecule has 0 N–H and O–H groups in total. The molecule has 0 aliphatic rings. The van der Waals surface area contributed by atoms with E-state index in [1.54, 1.807) is 22.3 Å². The van der Waals surface area contributed by atoms with Crippen LogP contribution < -0.4 is 4.90 Å². The van der Waals surface area contributed by atoms with Gasteiger partial charge in [0.15, 0.2) is 0 Å². The van der Waals surface area contributed by atoms with E-state index in [1.807, 2.05) is 73.0 Å². The van der Waals surface area contributed by atoms with Gasteiger partial charge in [-0.05, 0) is 42.1 Å². The molecule has 0 aliphatic carbocycles. The number of carbonyl (C=O) groups is 1. The lowest BCUT2D eigenvalue weighted by molar-refractivity contribution is 0.0981. The van der Waals surface area contributed by atoms with Crippen LogP contribution in [0.15, 0.2) is 72.1 Å². The van der Waals surface area contributed by atoms with Gasteiger partial charge >= 0.3 is 0 Å². The summed E-state index contributed by atoms with van der Waals surface area (Å²) < 4.78 is 0. The van der Waals surface area contributed by atoms with Crippen molar-refractivity contribution in [3.05, 3.63) is 92.7 Å². The number of aromatic nitrogens is 1. The first-order valence-corrected chi connectivity index (χ1v) is 10.8. The van der Waals surface area contributed by atoms with Crippen LogP contribution in [0.5, 0.6) is 0 Å². The van der Waals surface area contributed by atoms with E-state index in [0.717, 1.165) is 26.0 Å². The van der Waals surface area contributed by atoms with Crippen LogP contribution in [0.3, 0.4) is 0 Å². The van der Waals surface area contributed by atoms with Crippen LogP contribution in [0.1, 0.15) is 20.4 Å². The topological polar surface area (TPSA) is 33.2 Å². The highest BCUT2D eigenvalue weighted by Gasteiger charge is 2.25. The van der Waals surface area contributed by atoms with Gasteiger partial charge in [-0.2, -0.15) is 0 Å². The third-order valence-corrected chi connectivity index (χ3v) is 6.35. The highest BCUT2D eigenvalue weighted by atomic mass is 35.5. The molecule has 140 valence electrons. The van der Waals surface area contributed by atoms with Crippen molar-refractivity contribution in [2.75, 3.05) is 4.90 Å². The Morgan fingerprint density at radius 1 is 1.07 bits per heavy atom. The Morgan fingerprint density at radius 2 is 1.89 bits per heavy atom. The molecule has 4 rings (SSSR count). The number of nitrogens with zero attached hydrogens (tertiary/aromatic N) is 2. The van der Waals surface area contributed by atoms with Crippen molar-refractivity contribution >= 4 is 45.9 Å². The quantitative estimate of drug-likeness (QED) is 0.358. The summed E-state index contributed by atoms with van der Waals surface area (Å²) in [5.74, 6) is -0.126. The third-order valence-electron chi connectivity index (χ3n) is 4.23. The standard InChI is InChI=1S/C22H17ClN2OS2/c1-15-24-20(21(28-15)16-7-3-2-4-8-16)22(26)25(14-19-11-6-12-27-19)18-10-5-9-17(23)13-18/h2-13H,14H2,1H3. The number of rotatable bonds is 5. The summed E-state index contributed by atoms with van der Waals surface area (Å²) in [5.41, 5.74) is 2.24. The monoisotopic (exact) mass is 424 g/mol. The Balaban J connectivity index is 1.78. The number of aryl methyl sites for hydroxylation is 1. The number of benzene rings is 2. The van der Waals surface area contributed by atoms with Crippen LogP contribution in [0.25, 0.3) is 10.4 Å². The van der Waals surface area contributed by atoms with E-state index in [-0.39, 0.29) is 5.91 Å². The predicted octanol–water partition coefficient (Wildman–Crippen LogP) is 6.68. The number of hydrogen-bond acceptors (Lipinski definition) is 4. The second-order valence-corrected chi connectivity index (χ2v) is 8.90. The molecule has 4 aromatic rings. The first kappa shape index (κ1) is 18.9. The number of halogens is 1. The minimum atomic E-state index is -0.126. The molecule has 0 atom stereocenters. The van der Waals surface area contributed by atoms with E-state index in [2.05, 4.69) is 4.98 Å². The van der Waals surface area contributed by atoms with Crippen molar-refractivity contribution in [1.29, 1.82) is 0 Å². The van der Waals surface area contributed by atoms with Crippen molar-refractivity contribution in [3.8, 4) is 10.4 Å². The number of thiophene rings is 1. The van der Waals surface area contributed by atoms with E-state index in [0.29, 0.717) is 17.3 Å². The second kappa shape index (κ2) is 8.27. The number of amides is 1. The lowest BCUT2D eigenvalue weighted by Gasteiger charge is -2.22. The highest BCUT2D eigenvalue weighted by Crippen LogP contribution is 2.33. The van der Waals surface area contributed by atoms with E-state index >= 15 is 0 Å². The molecule has 3 nitrogen and oxygen atoms in total. The number of carbonyl (C=O) groups excluding carboxylic acids is 1. The molecular formula is C22H17ClN2OS2. The maximum Gasteiger partial charge on any atom is 0.278 e. The maximum absolute atomic E-state index is 13.6. The van der Waals surface area contributed by atoms with Crippen LogP contribution in [0, 0.1) is 6.92 Å². The molecule has 2 aromatic heterocycles. The van der Waals surface area contributed by atoms with E-state index in [1.165, 1.54) is 11.3 Å². The summed E-state index contributed by atoms with van der Waals surface area (Å²) in [7, 11) is 0. The molecule has 0 radical (unpaired) electrons. The fraction of sp³-hybridized carbons (Fsp3) is 0.0909. The molecule has 0 bridgehead atoms. The number of anilines is 1. The van der Waals surface area contributed by atoms with Gasteiger partial charge in [-0.3, -0.25) is 4.79 Å². The van der Waals surface area contributed by atoms with Gasteiger partial charge in [-0.15, -0.1) is 22.7 Å². The van der Waals surface area contributed by atoms with Crippen molar-refractivity contribution in [3.63, 3.8) is 0 Å². The molecule has 6 heteroatoms. The van der Waals surface area contributed by atoms with Gasteiger partial charge < -0.3 is 4.90 Å². The van der Waals surface area contributed by atoms with E-state index < -0.39 is 0 Å². The van der Waals surface area contributed by atoms with Gasteiger partial charge in [0.1, 0.15) is 5.69 Å². The smallest absolute Gasteiger partial charge is 0.278 e. The molecule has 0 fully saturated rings. The van der Waals surface area contributed by atoms with E-state index in [4.69, 9.17) is 11.6 Å². The third kappa shape index (κ3) is 4.02. The minimum absolute atomic E-state index is 0.126. The van der Waals surface area contributed by atoms with Crippen molar-refractivity contribution in [2.45, 2.75) is 13.5 Å². The van der Waals surface area contributed by atoms with Gasteiger partial charge in [0.2, 0.25) is 0 Å². The highest BCUT2D eigenvalue weighted by molar-refractivity contribution is 7.15. The SMILES string of the molecule is Cc1nc(C(=O)N(Cc2cccs2)c2cccc(Cl)c2)c(-c2ccccc2)s1. The zero-order chi connectivity index (χ0) is 19.5. The summed E-state index contributed by atoms with van der Waals surface area (Å²) in [5, 5.41) is 3.47. The first-order chi connectivity index (χ1) is 13.6.